The first-order chi connectivity index (χ1) is 9.16. The first-order valence-corrected chi connectivity index (χ1v) is 5.75. The van der Waals surface area contributed by atoms with Crippen LogP contribution in [-0.4, -0.2) is 25.8 Å². The van der Waals surface area contributed by atoms with Crippen molar-refractivity contribution in [3.05, 3.63) is 47.6 Å². The number of rotatable bonds is 3. The molecule has 3 rings (SSSR count). The van der Waals surface area contributed by atoms with E-state index < -0.39 is 5.97 Å². The van der Waals surface area contributed by atoms with E-state index in [0.717, 1.165) is 11.3 Å². The third-order valence-electron chi connectivity index (χ3n) is 3.01. The Kier molecular flexibility index (Phi) is 2.56. The van der Waals surface area contributed by atoms with Crippen molar-refractivity contribution in [2.45, 2.75) is 13.5 Å². The molecule has 0 fully saturated rings. The van der Waals surface area contributed by atoms with Crippen molar-refractivity contribution in [3.8, 4) is 0 Å². The number of fused-ring (bicyclic) bond motifs is 1. The molecule has 0 aliphatic rings. The molecule has 0 bridgehead atoms. The molecule has 0 spiro atoms. The van der Waals surface area contributed by atoms with E-state index in [1.165, 1.54) is 0 Å². The minimum atomic E-state index is -0.977. The van der Waals surface area contributed by atoms with Gasteiger partial charge >= 0.3 is 5.97 Å². The van der Waals surface area contributed by atoms with Gasteiger partial charge < -0.3 is 14.2 Å². The molecule has 0 amide bonds. The third-order valence-corrected chi connectivity index (χ3v) is 3.01. The molecule has 6 heteroatoms. The maximum absolute atomic E-state index is 11.2. The molecule has 0 aliphatic heterocycles. The normalized spacial score (nSPS) is 11.0. The van der Waals surface area contributed by atoms with E-state index in [-0.39, 0.29) is 5.56 Å². The first kappa shape index (κ1) is 11.5. The Balaban J connectivity index is 2.17. The first-order valence-electron chi connectivity index (χ1n) is 5.75. The second-order valence-corrected chi connectivity index (χ2v) is 4.20. The van der Waals surface area contributed by atoms with Gasteiger partial charge in [0.2, 0.25) is 0 Å². The van der Waals surface area contributed by atoms with Gasteiger partial charge in [-0.1, -0.05) is 11.2 Å². The number of carboxylic acids is 1. The van der Waals surface area contributed by atoms with Crippen LogP contribution in [0.15, 0.2) is 35.0 Å². The number of benzene rings is 1. The molecule has 2 aromatic heterocycles. The molecule has 0 aliphatic carbocycles. The molecule has 1 N–H and O–H groups in total. The Hall–Kier alpha value is -2.63. The van der Waals surface area contributed by atoms with Crippen LogP contribution in [0.3, 0.4) is 0 Å². The maximum Gasteiger partial charge on any atom is 0.337 e. The number of aryl methyl sites for hydroxylation is 1. The SMILES string of the molecule is Cc1nc2c(C(=O)O)cccc2n1Cc1ccno1. The van der Waals surface area contributed by atoms with Gasteiger partial charge in [0.15, 0.2) is 5.76 Å². The van der Waals surface area contributed by atoms with Crippen molar-refractivity contribution in [3.63, 3.8) is 0 Å². The Labute approximate surface area is 108 Å². The molecular formula is C13H11N3O3. The summed E-state index contributed by atoms with van der Waals surface area (Å²) in [5.41, 5.74) is 1.47. The molecule has 0 saturated carbocycles. The van der Waals surface area contributed by atoms with Crippen LogP contribution in [-0.2, 0) is 6.54 Å². The van der Waals surface area contributed by atoms with Crippen molar-refractivity contribution in [2.75, 3.05) is 0 Å². The molecule has 3 aromatic rings. The second-order valence-electron chi connectivity index (χ2n) is 4.20. The molecule has 6 nitrogen and oxygen atoms in total. The Morgan fingerprint density at radius 3 is 2.95 bits per heavy atom. The summed E-state index contributed by atoms with van der Waals surface area (Å²) in [6.07, 6.45) is 1.58. The van der Waals surface area contributed by atoms with Gasteiger partial charge in [0.25, 0.3) is 0 Å². The molecule has 0 saturated heterocycles. The molecule has 0 atom stereocenters. The van der Waals surface area contributed by atoms with Gasteiger partial charge in [-0.25, -0.2) is 9.78 Å². The lowest BCUT2D eigenvalue weighted by Gasteiger charge is -2.03. The van der Waals surface area contributed by atoms with Gasteiger partial charge in [0.1, 0.15) is 11.3 Å². The largest absolute Gasteiger partial charge is 0.478 e. The average molecular weight is 257 g/mol. The summed E-state index contributed by atoms with van der Waals surface area (Å²) in [6.45, 7) is 2.31. The van der Waals surface area contributed by atoms with E-state index in [1.807, 2.05) is 17.6 Å². The second kappa shape index (κ2) is 4.24. The highest BCUT2D eigenvalue weighted by molar-refractivity contribution is 6.01. The van der Waals surface area contributed by atoms with E-state index in [2.05, 4.69) is 10.1 Å². The number of imidazole rings is 1. The van der Waals surface area contributed by atoms with E-state index in [4.69, 9.17) is 9.63 Å². The fourth-order valence-electron chi connectivity index (χ4n) is 2.11. The molecule has 2 heterocycles. The van der Waals surface area contributed by atoms with Crippen LogP contribution < -0.4 is 0 Å². The molecule has 1 aromatic carbocycles. The topological polar surface area (TPSA) is 81.1 Å². The van der Waals surface area contributed by atoms with E-state index >= 15 is 0 Å². The van der Waals surface area contributed by atoms with Gasteiger partial charge in [-0.05, 0) is 19.1 Å². The average Bonchev–Trinajstić information content (AvgIpc) is 2.98. The van der Waals surface area contributed by atoms with Crippen molar-refractivity contribution in [1.29, 1.82) is 0 Å². The number of carboxylic acid groups (broad SMARTS) is 1. The Morgan fingerprint density at radius 1 is 1.42 bits per heavy atom. The summed E-state index contributed by atoms with van der Waals surface area (Å²) in [6, 6.07) is 6.88. The predicted octanol–water partition coefficient (Wildman–Crippen LogP) is 2.08. The number of hydrogen-bond acceptors (Lipinski definition) is 4. The predicted molar refractivity (Wildman–Crippen MR) is 67.0 cm³/mol. The monoisotopic (exact) mass is 257 g/mol. The van der Waals surface area contributed by atoms with E-state index in [9.17, 15) is 4.79 Å². The summed E-state index contributed by atoms with van der Waals surface area (Å²) in [4.78, 5) is 15.5. The molecular weight excluding hydrogens is 246 g/mol. The van der Waals surface area contributed by atoms with Crippen LogP contribution in [0, 0.1) is 6.92 Å². The zero-order chi connectivity index (χ0) is 13.4. The highest BCUT2D eigenvalue weighted by Crippen LogP contribution is 2.21. The van der Waals surface area contributed by atoms with E-state index in [1.54, 1.807) is 24.4 Å². The highest BCUT2D eigenvalue weighted by atomic mass is 16.5. The maximum atomic E-state index is 11.2. The third kappa shape index (κ3) is 1.87. The van der Waals surface area contributed by atoms with Crippen LogP contribution in [0.1, 0.15) is 21.9 Å². The van der Waals surface area contributed by atoms with Gasteiger partial charge in [-0.15, -0.1) is 0 Å². The zero-order valence-electron chi connectivity index (χ0n) is 10.2. The summed E-state index contributed by atoms with van der Waals surface area (Å²) in [5.74, 6) is 0.457. The fourth-order valence-corrected chi connectivity index (χ4v) is 2.11. The van der Waals surface area contributed by atoms with Gasteiger partial charge in [-0.3, -0.25) is 0 Å². The number of para-hydroxylation sites is 1. The van der Waals surface area contributed by atoms with Crippen molar-refractivity contribution in [2.24, 2.45) is 0 Å². The number of carbonyl (C=O) groups is 1. The van der Waals surface area contributed by atoms with Crippen LogP contribution in [0.25, 0.3) is 11.0 Å². The molecule has 0 radical (unpaired) electrons. The lowest BCUT2D eigenvalue weighted by atomic mass is 10.2. The van der Waals surface area contributed by atoms with E-state index in [0.29, 0.717) is 17.8 Å². The molecule has 96 valence electrons. The van der Waals surface area contributed by atoms with Crippen LogP contribution in [0.2, 0.25) is 0 Å². The number of hydrogen-bond donors (Lipinski definition) is 1. The number of nitrogens with zero attached hydrogens (tertiary/aromatic N) is 3. The summed E-state index contributed by atoms with van der Waals surface area (Å²) < 4.78 is 6.98. The minimum Gasteiger partial charge on any atom is -0.478 e. The Bertz CT molecular complexity index is 744. The lowest BCUT2D eigenvalue weighted by molar-refractivity contribution is 0.0699. The number of aromatic carboxylic acids is 1. The Morgan fingerprint density at radius 2 is 2.26 bits per heavy atom. The lowest BCUT2D eigenvalue weighted by Crippen LogP contribution is -2.01. The smallest absolute Gasteiger partial charge is 0.337 e. The quantitative estimate of drug-likeness (QED) is 0.776. The van der Waals surface area contributed by atoms with Crippen molar-refractivity contribution >= 4 is 17.0 Å². The van der Waals surface area contributed by atoms with Gasteiger partial charge in [0.05, 0.1) is 23.8 Å². The summed E-state index contributed by atoms with van der Waals surface area (Å²) >= 11 is 0. The standard InChI is InChI=1S/C13H11N3O3/c1-8-15-12-10(13(17)18)3-2-4-11(12)16(8)7-9-5-6-14-19-9/h2-6H,7H2,1H3,(H,17,18). The highest BCUT2D eigenvalue weighted by Gasteiger charge is 2.15. The van der Waals surface area contributed by atoms with Crippen molar-refractivity contribution < 1.29 is 14.4 Å². The molecule has 0 unspecified atom stereocenters. The van der Waals surface area contributed by atoms with Crippen LogP contribution >= 0.6 is 0 Å². The van der Waals surface area contributed by atoms with Crippen LogP contribution in [0.4, 0.5) is 0 Å². The minimum absolute atomic E-state index is 0.205. The van der Waals surface area contributed by atoms with Gasteiger partial charge in [-0.2, -0.15) is 0 Å². The summed E-state index contributed by atoms with van der Waals surface area (Å²) in [5, 5.41) is 12.8. The van der Waals surface area contributed by atoms with Crippen molar-refractivity contribution in [1.82, 2.24) is 14.7 Å². The van der Waals surface area contributed by atoms with Crippen LogP contribution in [0.5, 0.6) is 0 Å². The number of aromatic nitrogens is 3. The zero-order valence-corrected chi connectivity index (χ0v) is 10.2. The molecule has 19 heavy (non-hydrogen) atoms. The summed E-state index contributed by atoms with van der Waals surface area (Å²) in [7, 11) is 0. The fraction of sp³-hybridized carbons (Fsp3) is 0.154. The van der Waals surface area contributed by atoms with Gasteiger partial charge in [0, 0.05) is 6.07 Å².